The van der Waals surface area contributed by atoms with E-state index in [1.54, 1.807) is 64.3 Å². The van der Waals surface area contributed by atoms with Gasteiger partial charge in [0, 0.05) is 19.2 Å². The fraction of sp³-hybridized carbons (Fsp3) is 0.300. The average molecular weight is 534 g/mol. The number of phenolic OH excluding ortho intramolecular Hbond substituents is 1. The number of aromatic hydroxyl groups is 1. The molecule has 2 unspecified atom stereocenters. The predicted molar refractivity (Wildman–Crippen MR) is 149 cm³/mol. The summed E-state index contributed by atoms with van der Waals surface area (Å²) < 4.78 is 10.6. The third kappa shape index (κ3) is 8.49. The number of anilines is 1. The number of ether oxygens (including phenoxy) is 2. The average Bonchev–Trinajstić information content (AvgIpc) is 2.89. The Balaban J connectivity index is 1.92. The van der Waals surface area contributed by atoms with Crippen LogP contribution in [0.25, 0.3) is 0 Å². The van der Waals surface area contributed by atoms with Crippen LogP contribution in [0.1, 0.15) is 37.9 Å². The van der Waals surface area contributed by atoms with Crippen molar-refractivity contribution in [1.29, 1.82) is 0 Å². The Kier molecular flexibility index (Phi) is 9.54. The van der Waals surface area contributed by atoms with Gasteiger partial charge in [-0.1, -0.05) is 42.5 Å². The first kappa shape index (κ1) is 29.0. The summed E-state index contributed by atoms with van der Waals surface area (Å²) in [7, 11) is 3.05. The highest BCUT2D eigenvalue weighted by molar-refractivity contribution is 5.99. The molecule has 9 nitrogen and oxygen atoms in total. The Morgan fingerprint density at radius 2 is 1.54 bits per heavy atom. The van der Waals surface area contributed by atoms with Gasteiger partial charge in [0.25, 0.3) is 5.91 Å². The molecule has 0 aliphatic heterocycles. The molecule has 9 heteroatoms. The second kappa shape index (κ2) is 12.8. The molecule has 0 saturated heterocycles. The second-order valence-corrected chi connectivity index (χ2v) is 10.0. The summed E-state index contributed by atoms with van der Waals surface area (Å²) in [6.07, 6.45) is -0.555. The fourth-order valence-corrected chi connectivity index (χ4v) is 3.97. The first-order valence-electron chi connectivity index (χ1n) is 12.5. The summed E-state index contributed by atoms with van der Waals surface area (Å²) in [5.41, 5.74) is 1.05. The molecule has 0 heterocycles. The summed E-state index contributed by atoms with van der Waals surface area (Å²) in [5, 5.41) is 15.3. The molecule has 3 aromatic rings. The summed E-state index contributed by atoms with van der Waals surface area (Å²) in [6, 6.07) is 20.0. The van der Waals surface area contributed by atoms with Crippen LogP contribution in [0.15, 0.2) is 78.9 Å². The highest BCUT2D eigenvalue weighted by Gasteiger charge is 2.34. The zero-order valence-electron chi connectivity index (χ0n) is 22.8. The third-order valence-corrected chi connectivity index (χ3v) is 5.82. The number of benzene rings is 3. The molecule has 0 aliphatic carbocycles. The minimum Gasteiger partial charge on any atom is -0.508 e. The molecule has 39 heavy (non-hydrogen) atoms. The van der Waals surface area contributed by atoms with E-state index >= 15 is 0 Å². The van der Waals surface area contributed by atoms with Gasteiger partial charge in [-0.2, -0.15) is 0 Å². The highest BCUT2D eigenvalue weighted by atomic mass is 16.6. The largest absolute Gasteiger partial charge is 0.508 e. The number of nitrogens with zero attached hydrogens (tertiary/aromatic N) is 1. The molecule has 0 spiro atoms. The first-order valence-corrected chi connectivity index (χ1v) is 12.5. The van der Waals surface area contributed by atoms with Crippen molar-refractivity contribution in [2.45, 2.75) is 44.9 Å². The fourth-order valence-electron chi connectivity index (χ4n) is 3.97. The van der Waals surface area contributed by atoms with E-state index in [4.69, 9.17) is 9.47 Å². The number of nitrogens with one attached hydrogen (secondary N) is 2. The third-order valence-electron chi connectivity index (χ3n) is 5.82. The van der Waals surface area contributed by atoms with Crippen LogP contribution >= 0.6 is 0 Å². The van der Waals surface area contributed by atoms with Gasteiger partial charge >= 0.3 is 6.09 Å². The summed E-state index contributed by atoms with van der Waals surface area (Å²) in [4.78, 5) is 41.4. The topological polar surface area (TPSA) is 117 Å². The van der Waals surface area contributed by atoms with Crippen LogP contribution < -0.4 is 15.4 Å². The minimum atomic E-state index is -1.07. The molecule has 0 radical (unpaired) electrons. The number of carbonyl (C=O) groups excluding carboxylic acids is 3. The van der Waals surface area contributed by atoms with Gasteiger partial charge in [0.2, 0.25) is 5.91 Å². The van der Waals surface area contributed by atoms with Crippen LogP contribution in [-0.4, -0.2) is 53.7 Å². The monoisotopic (exact) mass is 533 g/mol. The van der Waals surface area contributed by atoms with Crippen LogP contribution in [0.3, 0.4) is 0 Å². The molecule has 2 atom stereocenters. The van der Waals surface area contributed by atoms with E-state index in [0.717, 1.165) is 5.56 Å². The lowest BCUT2D eigenvalue weighted by Gasteiger charge is -2.31. The lowest BCUT2D eigenvalue weighted by atomic mass is 10.0. The van der Waals surface area contributed by atoms with E-state index in [0.29, 0.717) is 17.0 Å². The molecule has 0 bridgehead atoms. The number of rotatable bonds is 9. The number of likely N-dealkylation sites (N-methyl/N-ethyl adjacent to an activating group) is 1. The van der Waals surface area contributed by atoms with Gasteiger partial charge in [-0.05, 0) is 68.3 Å². The molecule has 206 valence electrons. The maximum Gasteiger partial charge on any atom is 0.408 e. The maximum atomic E-state index is 13.9. The lowest BCUT2D eigenvalue weighted by molar-refractivity contribution is -0.139. The molecule has 3 aromatic carbocycles. The quantitative estimate of drug-likeness (QED) is 0.368. The molecular formula is C30H35N3O6. The normalized spacial score (nSPS) is 12.5. The Morgan fingerprint density at radius 3 is 2.10 bits per heavy atom. The molecule has 0 aromatic heterocycles. The van der Waals surface area contributed by atoms with Gasteiger partial charge < -0.3 is 30.1 Å². The van der Waals surface area contributed by atoms with Crippen molar-refractivity contribution in [1.82, 2.24) is 10.2 Å². The van der Waals surface area contributed by atoms with Crippen molar-refractivity contribution in [3.63, 3.8) is 0 Å². The summed E-state index contributed by atoms with van der Waals surface area (Å²) >= 11 is 0. The van der Waals surface area contributed by atoms with Gasteiger partial charge in [0.15, 0.2) is 0 Å². The number of hydrogen-bond donors (Lipinski definition) is 3. The molecule has 0 aliphatic rings. The van der Waals surface area contributed by atoms with Crippen molar-refractivity contribution in [3.8, 4) is 11.5 Å². The van der Waals surface area contributed by atoms with Crippen molar-refractivity contribution in [3.05, 3.63) is 90.0 Å². The molecule has 0 saturated carbocycles. The second-order valence-electron chi connectivity index (χ2n) is 10.0. The van der Waals surface area contributed by atoms with Gasteiger partial charge in [-0.15, -0.1) is 0 Å². The number of carbonyl (C=O) groups is 3. The van der Waals surface area contributed by atoms with E-state index in [1.807, 2.05) is 30.3 Å². The van der Waals surface area contributed by atoms with Crippen LogP contribution in [0.4, 0.5) is 10.5 Å². The number of alkyl carbamates (subject to hydrolysis) is 1. The smallest absolute Gasteiger partial charge is 0.408 e. The Hall–Kier alpha value is -4.53. The number of amides is 3. The van der Waals surface area contributed by atoms with E-state index in [2.05, 4.69) is 10.6 Å². The van der Waals surface area contributed by atoms with Crippen molar-refractivity contribution >= 4 is 23.6 Å². The summed E-state index contributed by atoms with van der Waals surface area (Å²) in [5.74, 6) is -0.312. The summed E-state index contributed by atoms with van der Waals surface area (Å²) in [6.45, 7) is 5.20. The van der Waals surface area contributed by atoms with E-state index in [-0.39, 0.29) is 12.2 Å². The molecular weight excluding hydrogens is 498 g/mol. The molecule has 3 N–H and O–H groups in total. The Bertz CT molecular complexity index is 1250. The van der Waals surface area contributed by atoms with Crippen molar-refractivity contribution in [2.24, 2.45) is 0 Å². The predicted octanol–water partition coefficient (Wildman–Crippen LogP) is 4.68. The zero-order chi connectivity index (χ0) is 28.6. The molecule has 3 rings (SSSR count). The van der Waals surface area contributed by atoms with Gasteiger partial charge in [0.05, 0.1) is 7.11 Å². The number of phenols is 1. The van der Waals surface area contributed by atoms with Gasteiger partial charge in [0.1, 0.15) is 29.2 Å². The highest BCUT2D eigenvalue weighted by Crippen LogP contribution is 2.26. The SMILES string of the molecule is COc1ccc(NC(=O)C(c2ccc(O)cc2)N(C)C(=O)C(Cc2ccccc2)NC(=O)OC(C)(C)C)cc1. The number of methoxy groups -OCH3 is 1. The molecule has 3 amide bonds. The van der Waals surface area contributed by atoms with E-state index in [9.17, 15) is 19.5 Å². The lowest BCUT2D eigenvalue weighted by Crippen LogP contribution is -2.52. The van der Waals surface area contributed by atoms with Gasteiger partial charge in [-0.3, -0.25) is 9.59 Å². The van der Waals surface area contributed by atoms with E-state index < -0.39 is 35.6 Å². The van der Waals surface area contributed by atoms with Crippen LogP contribution in [0, 0.1) is 0 Å². The van der Waals surface area contributed by atoms with Crippen LogP contribution in [-0.2, 0) is 20.7 Å². The standard InChI is InChI=1S/C30H35N3O6/c1-30(2,3)39-29(37)32-25(19-20-9-7-6-8-10-20)28(36)33(4)26(21-11-15-23(34)16-12-21)27(35)31-22-13-17-24(38-5)18-14-22/h6-18,25-26,34H,19H2,1-5H3,(H,31,35)(H,32,37). The van der Waals surface area contributed by atoms with E-state index in [1.165, 1.54) is 24.1 Å². The maximum absolute atomic E-state index is 13.9. The number of hydrogen-bond acceptors (Lipinski definition) is 6. The van der Waals surface area contributed by atoms with Crippen LogP contribution in [0.5, 0.6) is 11.5 Å². The Labute approximate surface area is 228 Å². The Morgan fingerprint density at radius 1 is 0.923 bits per heavy atom. The zero-order valence-corrected chi connectivity index (χ0v) is 22.8. The van der Waals surface area contributed by atoms with Crippen molar-refractivity contribution in [2.75, 3.05) is 19.5 Å². The minimum absolute atomic E-state index is 0.0237. The van der Waals surface area contributed by atoms with Gasteiger partial charge in [-0.25, -0.2) is 4.79 Å². The van der Waals surface area contributed by atoms with Crippen LogP contribution in [0.2, 0.25) is 0 Å². The first-order chi connectivity index (χ1) is 18.5. The van der Waals surface area contributed by atoms with Crippen molar-refractivity contribution < 1.29 is 29.0 Å². The molecule has 0 fully saturated rings.